The minimum Gasteiger partial charge on any atom is -0.507 e. The number of hydrogen-bond donors (Lipinski definition) is 3. The second-order valence-electron chi connectivity index (χ2n) is 3.99. The summed E-state index contributed by atoms with van der Waals surface area (Å²) in [7, 11) is 0. The monoisotopic (exact) mass is 262 g/mol. The van der Waals surface area contributed by atoms with Gasteiger partial charge in [0.2, 0.25) is 0 Å². The Hall–Kier alpha value is -2.63. The number of aromatic amines is 1. The summed E-state index contributed by atoms with van der Waals surface area (Å²) in [4.78, 5) is 25.4. The molecule has 0 bridgehead atoms. The van der Waals surface area contributed by atoms with E-state index in [-0.39, 0.29) is 5.56 Å². The molecule has 1 amide bonds. The molecule has 1 aromatic carbocycles. The van der Waals surface area contributed by atoms with Crippen molar-refractivity contribution < 1.29 is 14.3 Å². The Balaban J connectivity index is 2.31. The highest BCUT2D eigenvalue weighted by molar-refractivity contribution is 6.06. The summed E-state index contributed by atoms with van der Waals surface area (Å²) in [6, 6.07) is 5.04. The topological polar surface area (TPSA) is 82.2 Å². The molecule has 0 aliphatic carbocycles. The highest BCUT2D eigenvalue weighted by Gasteiger charge is 2.16. The molecule has 2 rings (SSSR count). The first-order chi connectivity index (χ1) is 8.99. The van der Waals surface area contributed by atoms with Crippen molar-refractivity contribution in [3.8, 4) is 5.75 Å². The predicted octanol–water partition coefficient (Wildman–Crippen LogP) is 1.78. The summed E-state index contributed by atoms with van der Waals surface area (Å²) in [6.07, 6.45) is 1.30. The number of phenolic OH excluding ortho intramolecular Hbond substituents is 1. The molecule has 0 radical (unpaired) electrons. The summed E-state index contributed by atoms with van der Waals surface area (Å²) in [5.74, 6) is -2.06. The van der Waals surface area contributed by atoms with Gasteiger partial charge in [0.05, 0.1) is 5.69 Å². The van der Waals surface area contributed by atoms with E-state index >= 15 is 0 Å². The number of carbonyl (C=O) groups excluding carboxylic acids is 1. The number of amides is 1. The molecule has 1 aromatic heterocycles. The molecule has 0 atom stereocenters. The number of nitrogens with one attached hydrogen (secondary N) is 2. The van der Waals surface area contributed by atoms with Crippen LogP contribution in [0, 0.1) is 12.7 Å². The Morgan fingerprint density at radius 2 is 2.16 bits per heavy atom. The fourth-order valence-corrected chi connectivity index (χ4v) is 1.60. The Kier molecular flexibility index (Phi) is 3.33. The minimum atomic E-state index is -0.821. The van der Waals surface area contributed by atoms with Gasteiger partial charge in [-0.2, -0.15) is 0 Å². The zero-order valence-electron chi connectivity index (χ0n) is 10.0. The van der Waals surface area contributed by atoms with Crippen LogP contribution < -0.4 is 10.9 Å². The number of halogens is 1. The van der Waals surface area contributed by atoms with Gasteiger partial charge in [0.25, 0.3) is 11.5 Å². The van der Waals surface area contributed by atoms with Crippen LogP contribution in [0.15, 0.2) is 35.3 Å². The van der Waals surface area contributed by atoms with E-state index in [4.69, 9.17) is 0 Å². The molecule has 0 saturated carbocycles. The van der Waals surface area contributed by atoms with Crippen LogP contribution in [0.2, 0.25) is 0 Å². The molecule has 0 spiro atoms. The third kappa shape index (κ3) is 2.62. The molecule has 6 heteroatoms. The lowest BCUT2D eigenvalue weighted by atomic mass is 10.1. The van der Waals surface area contributed by atoms with Crippen LogP contribution >= 0.6 is 0 Å². The second kappa shape index (κ2) is 4.93. The quantitative estimate of drug-likeness (QED) is 0.771. The molecule has 3 N–H and O–H groups in total. The Morgan fingerprint density at radius 1 is 1.42 bits per heavy atom. The zero-order valence-corrected chi connectivity index (χ0v) is 10.0. The number of pyridine rings is 1. The van der Waals surface area contributed by atoms with Crippen molar-refractivity contribution in [1.82, 2.24) is 4.98 Å². The van der Waals surface area contributed by atoms with Gasteiger partial charge in [-0.3, -0.25) is 9.59 Å². The average Bonchev–Trinajstić information content (AvgIpc) is 2.33. The molecule has 19 heavy (non-hydrogen) atoms. The van der Waals surface area contributed by atoms with E-state index < -0.39 is 23.0 Å². The van der Waals surface area contributed by atoms with E-state index in [1.54, 1.807) is 6.92 Å². The van der Waals surface area contributed by atoms with Crippen LogP contribution in [-0.2, 0) is 0 Å². The van der Waals surface area contributed by atoms with Gasteiger partial charge in [-0.15, -0.1) is 0 Å². The molecule has 0 fully saturated rings. The third-order valence-electron chi connectivity index (χ3n) is 2.57. The first-order valence-electron chi connectivity index (χ1n) is 5.47. The Morgan fingerprint density at radius 3 is 2.79 bits per heavy atom. The predicted molar refractivity (Wildman–Crippen MR) is 67.8 cm³/mol. The molecular formula is C13H11FN2O3. The van der Waals surface area contributed by atoms with Crippen molar-refractivity contribution in [3.05, 3.63) is 57.8 Å². The standard InChI is InChI=1S/C13H11FN2O3/c1-7-5-8(6-15-12(7)18)16-13(19)11-9(14)3-2-4-10(11)17/h2-6,17H,1H3,(H,15,18)(H,16,19). The number of hydrogen-bond acceptors (Lipinski definition) is 3. The highest BCUT2D eigenvalue weighted by Crippen LogP contribution is 2.21. The van der Waals surface area contributed by atoms with Crippen molar-refractivity contribution in [3.63, 3.8) is 0 Å². The summed E-state index contributed by atoms with van der Waals surface area (Å²) >= 11 is 0. The molecule has 0 aliphatic rings. The maximum absolute atomic E-state index is 13.5. The van der Waals surface area contributed by atoms with Gasteiger partial charge >= 0.3 is 0 Å². The lowest BCUT2D eigenvalue weighted by molar-refractivity contribution is 0.102. The van der Waals surface area contributed by atoms with Gasteiger partial charge in [-0.25, -0.2) is 4.39 Å². The van der Waals surface area contributed by atoms with Crippen molar-refractivity contribution >= 4 is 11.6 Å². The fraction of sp³-hybridized carbons (Fsp3) is 0.0769. The van der Waals surface area contributed by atoms with Crippen molar-refractivity contribution in [2.24, 2.45) is 0 Å². The number of aryl methyl sites for hydroxylation is 1. The number of phenols is 1. The van der Waals surface area contributed by atoms with Crippen LogP contribution in [0.3, 0.4) is 0 Å². The second-order valence-corrected chi connectivity index (χ2v) is 3.99. The molecule has 0 saturated heterocycles. The summed E-state index contributed by atoms with van der Waals surface area (Å²) < 4.78 is 13.5. The molecule has 0 aliphatic heterocycles. The van der Waals surface area contributed by atoms with Gasteiger partial charge in [-0.1, -0.05) is 6.07 Å². The van der Waals surface area contributed by atoms with Crippen molar-refractivity contribution in [2.45, 2.75) is 6.92 Å². The number of benzene rings is 1. The average molecular weight is 262 g/mol. The highest BCUT2D eigenvalue weighted by atomic mass is 19.1. The van der Waals surface area contributed by atoms with Gasteiger partial charge in [-0.05, 0) is 25.1 Å². The molecule has 0 unspecified atom stereocenters. The largest absolute Gasteiger partial charge is 0.507 e. The Bertz CT molecular complexity index is 674. The number of anilines is 1. The van der Waals surface area contributed by atoms with Crippen LogP contribution in [0.25, 0.3) is 0 Å². The zero-order chi connectivity index (χ0) is 14.0. The minimum absolute atomic E-state index is 0.272. The molecule has 2 aromatic rings. The molecule has 5 nitrogen and oxygen atoms in total. The number of aromatic hydroxyl groups is 1. The van der Waals surface area contributed by atoms with E-state index in [0.29, 0.717) is 11.3 Å². The first kappa shape index (κ1) is 12.8. The summed E-state index contributed by atoms with van der Waals surface area (Å²) in [6.45, 7) is 1.58. The fourth-order valence-electron chi connectivity index (χ4n) is 1.60. The molecule has 98 valence electrons. The lowest BCUT2D eigenvalue weighted by Crippen LogP contribution is -2.16. The van der Waals surface area contributed by atoms with Gasteiger partial charge in [0.1, 0.15) is 17.1 Å². The number of rotatable bonds is 2. The molecule has 1 heterocycles. The van der Waals surface area contributed by atoms with Crippen LogP contribution in [0.4, 0.5) is 10.1 Å². The van der Waals surface area contributed by atoms with Gasteiger partial charge in [0.15, 0.2) is 0 Å². The third-order valence-corrected chi connectivity index (χ3v) is 2.57. The van der Waals surface area contributed by atoms with Gasteiger partial charge in [0, 0.05) is 11.8 Å². The van der Waals surface area contributed by atoms with Crippen molar-refractivity contribution in [2.75, 3.05) is 5.32 Å². The van der Waals surface area contributed by atoms with E-state index in [2.05, 4.69) is 10.3 Å². The lowest BCUT2D eigenvalue weighted by Gasteiger charge is -2.07. The van der Waals surface area contributed by atoms with E-state index in [1.807, 2.05) is 0 Å². The smallest absolute Gasteiger partial charge is 0.262 e. The number of carbonyl (C=O) groups is 1. The number of H-pyrrole nitrogens is 1. The normalized spacial score (nSPS) is 10.2. The van der Waals surface area contributed by atoms with E-state index in [1.165, 1.54) is 24.4 Å². The van der Waals surface area contributed by atoms with Crippen LogP contribution in [0.1, 0.15) is 15.9 Å². The molecular weight excluding hydrogens is 251 g/mol. The number of aromatic nitrogens is 1. The van der Waals surface area contributed by atoms with E-state index in [0.717, 1.165) is 6.07 Å². The SMILES string of the molecule is Cc1cc(NC(=O)c2c(O)cccc2F)c[nH]c1=O. The maximum Gasteiger partial charge on any atom is 0.262 e. The van der Waals surface area contributed by atoms with Crippen LogP contribution in [0.5, 0.6) is 5.75 Å². The van der Waals surface area contributed by atoms with Crippen molar-refractivity contribution in [1.29, 1.82) is 0 Å². The van der Waals surface area contributed by atoms with Gasteiger partial charge < -0.3 is 15.4 Å². The van der Waals surface area contributed by atoms with Crippen LogP contribution in [-0.4, -0.2) is 16.0 Å². The summed E-state index contributed by atoms with van der Waals surface area (Å²) in [5, 5.41) is 11.9. The summed E-state index contributed by atoms with van der Waals surface area (Å²) in [5.41, 5.74) is 0.0124. The van der Waals surface area contributed by atoms with E-state index in [9.17, 15) is 19.1 Å². The first-order valence-corrected chi connectivity index (χ1v) is 5.47. The Labute approximate surface area is 107 Å². The maximum atomic E-state index is 13.5.